The summed E-state index contributed by atoms with van der Waals surface area (Å²) in [5.74, 6) is -0.0883. The quantitative estimate of drug-likeness (QED) is 0.589. The van der Waals surface area contributed by atoms with Crippen molar-refractivity contribution in [3.63, 3.8) is 0 Å². The molecule has 0 bridgehead atoms. The molecule has 0 radical (unpaired) electrons. The standard InChI is InChI=1S/C9H12O3/c1-2-11-9(10)8-6-4-3-5-7-12-8/h5-7H,2-4H2,1H3. The van der Waals surface area contributed by atoms with Gasteiger partial charge in [-0.3, -0.25) is 0 Å². The first kappa shape index (κ1) is 8.84. The average molecular weight is 168 g/mol. The van der Waals surface area contributed by atoms with E-state index < -0.39 is 0 Å². The van der Waals surface area contributed by atoms with Crippen molar-refractivity contribution in [1.82, 2.24) is 0 Å². The van der Waals surface area contributed by atoms with Gasteiger partial charge >= 0.3 is 5.97 Å². The molecule has 1 heterocycles. The summed E-state index contributed by atoms with van der Waals surface area (Å²) < 4.78 is 9.79. The monoisotopic (exact) mass is 168 g/mol. The molecule has 1 aliphatic heterocycles. The smallest absolute Gasteiger partial charge is 0.373 e. The summed E-state index contributed by atoms with van der Waals surface area (Å²) in [6, 6.07) is 0. The number of hydrogen-bond donors (Lipinski definition) is 0. The Balaban J connectivity index is 2.54. The molecule has 0 aromatic carbocycles. The maximum absolute atomic E-state index is 11.1. The lowest BCUT2D eigenvalue weighted by atomic mass is 10.3. The Hall–Kier alpha value is -1.25. The lowest BCUT2D eigenvalue weighted by molar-refractivity contribution is -0.141. The summed E-state index contributed by atoms with van der Waals surface area (Å²) in [6.45, 7) is 2.15. The molecule has 0 saturated carbocycles. The molecular weight excluding hydrogens is 156 g/mol. The fourth-order valence-corrected chi connectivity index (χ4v) is 0.882. The van der Waals surface area contributed by atoms with Gasteiger partial charge in [-0.2, -0.15) is 0 Å². The van der Waals surface area contributed by atoms with Crippen LogP contribution in [0.5, 0.6) is 0 Å². The minimum Gasteiger partial charge on any atom is -0.460 e. The van der Waals surface area contributed by atoms with Crippen molar-refractivity contribution in [3.8, 4) is 0 Å². The zero-order valence-electron chi connectivity index (χ0n) is 7.08. The number of carbonyl (C=O) groups excluding carboxylic acids is 1. The molecule has 0 saturated heterocycles. The third-order valence-electron chi connectivity index (χ3n) is 1.43. The van der Waals surface area contributed by atoms with Gasteiger partial charge in [-0.15, -0.1) is 0 Å². The summed E-state index contributed by atoms with van der Waals surface area (Å²) >= 11 is 0. The third kappa shape index (κ3) is 2.42. The first-order chi connectivity index (χ1) is 5.84. The van der Waals surface area contributed by atoms with Gasteiger partial charge in [-0.1, -0.05) is 0 Å². The van der Waals surface area contributed by atoms with Gasteiger partial charge in [-0.25, -0.2) is 4.79 Å². The summed E-state index contributed by atoms with van der Waals surface area (Å²) in [6.07, 6.45) is 6.88. The highest BCUT2D eigenvalue weighted by Crippen LogP contribution is 2.09. The lowest BCUT2D eigenvalue weighted by Gasteiger charge is -2.03. The molecule has 0 fully saturated rings. The van der Waals surface area contributed by atoms with Crippen LogP contribution in [0.1, 0.15) is 19.8 Å². The van der Waals surface area contributed by atoms with E-state index in [4.69, 9.17) is 9.47 Å². The first-order valence-corrected chi connectivity index (χ1v) is 4.03. The average Bonchev–Trinajstić information content (AvgIpc) is 2.32. The van der Waals surface area contributed by atoms with E-state index in [1.54, 1.807) is 13.0 Å². The predicted molar refractivity (Wildman–Crippen MR) is 44.2 cm³/mol. The van der Waals surface area contributed by atoms with Crippen molar-refractivity contribution in [2.45, 2.75) is 19.8 Å². The molecule has 1 rings (SSSR count). The van der Waals surface area contributed by atoms with E-state index in [9.17, 15) is 4.79 Å². The maximum Gasteiger partial charge on any atom is 0.373 e. The fraction of sp³-hybridized carbons (Fsp3) is 0.444. The second-order valence-corrected chi connectivity index (χ2v) is 2.36. The van der Waals surface area contributed by atoms with Gasteiger partial charge in [0.25, 0.3) is 0 Å². The van der Waals surface area contributed by atoms with Gasteiger partial charge < -0.3 is 9.47 Å². The zero-order valence-corrected chi connectivity index (χ0v) is 7.08. The number of ether oxygens (including phenoxy) is 2. The van der Waals surface area contributed by atoms with E-state index in [0.717, 1.165) is 12.8 Å². The summed E-state index contributed by atoms with van der Waals surface area (Å²) in [5.41, 5.74) is 0. The van der Waals surface area contributed by atoms with Crippen molar-refractivity contribution in [2.75, 3.05) is 6.61 Å². The van der Waals surface area contributed by atoms with Gasteiger partial charge in [-0.05, 0) is 31.9 Å². The second-order valence-electron chi connectivity index (χ2n) is 2.36. The van der Waals surface area contributed by atoms with Gasteiger partial charge in [0.1, 0.15) is 0 Å². The highest BCUT2D eigenvalue weighted by Gasteiger charge is 2.11. The molecule has 12 heavy (non-hydrogen) atoms. The molecular formula is C9H12O3. The Labute approximate surface area is 71.7 Å². The topological polar surface area (TPSA) is 35.5 Å². The molecule has 0 unspecified atom stereocenters. The normalized spacial score (nSPS) is 15.9. The predicted octanol–water partition coefficient (Wildman–Crippen LogP) is 1.76. The summed E-state index contributed by atoms with van der Waals surface area (Å²) in [5, 5.41) is 0. The number of esters is 1. The lowest BCUT2D eigenvalue weighted by Crippen LogP contribution is -2.08. The van der Waals surface area contributed by atoms with Crippen molar-refractivity contribution < 1.29 is 14.3 Å². The molecule has 3 nitrogen and oxygen atoms in total. The van der Waals surface area contributed by atoms with Crippen LogP contribution in [0.4, 0.5) is 0 Å². The van der Waals surface area contributed by atoms with Crippen molar-refractivity contribution in [3.05, 3.63) is 24.2 Å². The molecule has 0 amide bonds. The van der Waals surface area contributed by atoms with E-state index in [0.29, 0.717) is 12.4 Å². The minimum absolute atomic E-state index is 0.297. The van der Waals surface area contributed by atoms with Gasteiger partial charge in [0, 0.05) is 0 Å². The van der Waals surface area contributed by atoms with Gasteiger partial charge in [0.05, 0.1) is 12.9 Å². The van der Waals surface area contributed by atoms with Crippen LogP contribution in [0.3, 0.4) is 0 Å². The Morgan fingerprint density at radius 2 is 2.50 bits per heavy atom. The largest absolute Gasteiger partial charge is 0.460 e. The Kier molecular flexibility index (Phi) is 3.38. The Morgan fingerprint density at radius 3 is 3.25 bits per heavy atom. The molecule has 66 valence electrons. The van der Waals surface area contributed by atoms with Crippen LogP contribution >= 0.6 is 0 Å². The number of allylic oxidation sites excluding steroid dienone is 2. The minimum atomic E-state index is -0.385. The summed E-state index contributed by atoms with van der Waals surface area (Å²) in [4.78, 5) is 11.1. The van der Waals surface area contributed by atoms with Crippen LogP contribution in [0, 0.1) is 0 Å². The van der Waals surface area contributed by atoms with Crippen LogP contribution < -0.4 is 0 Å². The van der Waals surface area contributed by atoms with Crippen LogP contribution in [-0.2, 0) is 14.3 Å². The molecule has 0 aromatic heterocycles. The van der Waals surface area contributed by atoms with E-state index in [1.165, 1.54) is 6.26 Å². The highest BCUT2D eigenvalue weighted by molar-refractivity contribution is 5.86. The van der Waals surface area contributed by atoms with Gasteiger partial charge in [0.15, 0.2) is 0 Å². The number of hydrogen-bond acceptors (Lipinski definition) is 3. The highest BCUT2D eigenvalue weighted by atomic mass is 16.6. The molecule has 0 N–H and O–H groups in total. The Morgan fingerprint density at radius 1 is 1.67 bits per heavy atom. The Bertz CT molecular complexity index is 216. The van der Waals surface area contributed by atoms with Crippen molar-refractivity contribution in [2.24, 2.45) is 0 Å². The fourth-order valence-electron chi connectivity index (χ4n) is 0.882. The molecule has 3 heteroatoms. The zero-order chi connectivity index (χ0) is 8.81. The molecule has 0 aliphatic carbocycles. The SMILES string of the molecule is CCOC(=O)C1=CCCC=CO1. The summed E-state index contributed by atoms with van der Waals surface area (Å²) in [7, 11) is 0. The number of carbonyl (C=O) groups is 1. The van der Waals surface area contributed by atoms with Crippen LogP contribution in [-0.4, -0.2) is 12.6 Å². The van der Waals surface area contributed by atoms with Gasteiger partial charge in [0.2, 0.25) is 5.76 Å². The maximum atomic E-state index is 11.1. The first-order valence-electron chi connectivity index (χ1n) is 4.03. The molecule has 0 aromatic rings. The van der Waals surface area contributed by atoms with E-state index in [2.05, 4.69) is 0 Å². The van der Waals surface area contributed by atoms with E-state index >= 15 is 0 Å². The van der Waals surface area contributed by atoms with Crippen molar-refractivity contribution >= 4 is 5.97 Å². The van der Waals surface area contributed by atoms with Crippen molar-refractivity contribution in [1.29, 1.82) is 0 Å². The molecule has 1 aliphatic rings. The third-order valence-corrected chi connectivity index (χ3v) is 1.43. The van der Waals surface area contributed by atoms with Crippen LogP contribution in [0.25, 0.3) is 0 Å². The molecule has 0 spiro atoms. The second kappa shape index (κ2) is 4.59. The number of rotatable bonds is 2. The van der Waals surface area contributed by atoms with E-state index in [-0.39, 0.29) is 5.97 Å². The van der Waals surface area contributed by atoms with Crippen LogP contribution in [0.2, 0.25) is 0 Å². The van der Waals surface area contributed by atoms with Crippen LogP contribution in [0.15, 0.2) is 24.2 Å². The molecule has 0 atom stereocenters. The van der Waals surface area contributed by atoms with E-state index in [1.807, 2.05) is 6.08 Å².